The molecule has 20 heavy (non-hydrogen) atoms. The van der Waals surface area contributed by atoms with Crippen LogP contribution in [0.15, 0.2) is 36.7 Å². The highest BCUT2D eigenvalue weighted by Crippen LogP contribution is 2.25. The molecule has 1 unspecified atom stereocenters. The number of ether oxygens (including phenoxy) is 1. The summed E-state index contributed by atoms with van der Waals surface area (Å²) in [5, 5.41) is 14.5. The van der Waals surface area contributed by atoms with Gasteiger partial charge >= 0.3 is 0 Å². The minimum absolute atomic E-state index is 0.537. The Kier molecular flexibility index (Phi) is 4.76. The van der Waals surface area contributed by atoms with Crippen molar-refractivity contribution in [3.63, 3.8) is 0 Å². The van der Waals surface area contributed by atoms with E-state index in [0.29, 0.717) is 6.54 Å². The summed E-state index contributed by atoms with van der Waals surface area (Å²) in [6.45, 7) is 1.29. The quantitative estimate of drug-likeness (QED) is 0.870. The van der Waals surface area contributed by atoms with E-state index >= 15 is 0 Å². The first kappa shape index (κ1) is 14.6. The first-order chi connectivity index (χ1) is 9.60. The van der Waals surface area contributed by atoms with Crippen molar-refractivity contribution in [1.29, 1.82) is 0 Å². The van der Waals surface area contributed by atoms with Crippen molar-refractivity contribution in [2.45, 2.75) is 12.6 Å². The fourth-order valence-electron chi connectivity index (χ4n) is 2.27. The van der Waals surface area contributed by atoms with E-state index in [1.807, 2.05) is 50.8 Å². The number of aliphatic hydroxyl groups excluding tert-OH is 1. The Morgan fingerprint density at radius 3 is 2.80 bits per heavy atom. The zero-order chi connectivity index (χ0) is 14.5. The summed E-state index contributed by atoms with van der Waals surface area (Å²) in [6, 6.07) is 7.55. The van der Waals surface area contributed by atoms with Crippen LogP contribution in [0.1, 0.15) is 17.2 Å². The van der Waals surface area contributed by atoms with Crippen molar-refractivity contribution < 1.29 is 9.84 Å². The van der Waals surface area contributed by atoms with Crippen molar-refractivity contribution >= 4 is 0 Å². The Morgan fingerprint density at radius 2 is 2.15 bits per heavy atom. The van der Waals surface area contributed by atoms with Gasteiger partial charge in [0.05, 0.1) is 19.4 Å². The lowest BCUT2D eigenvalue weighted by molar-refractivity contribution is 0.121. The minimum Gasteiger partial charge on any atom is -0.496 e. The molecule has 0 aliphatic rings. The van der Waals surface area contributed by atoms with Crippen LogP contribution in [-0.2, 0) is 13.6 Å². The van der Waals surface area contributed by atoms with Crippen LogP contribution in [0.5, 0.6) is 5.75 Å². The van der Waals surface area contributed by atoms with Gasteiger partial charge in [-0.05, 0) is 13.1 Å². The normalized spacial score (nSPS) is 12.7. The summed E-state index contributed by atoms with van der Waals surface area (Å²) in [6.07, 6.45) is 3.24. The molecule has 1 aromatic heterocycles. The van der Waals surface area contributed by atoms with E-state index in [2.05, 4.69) is 10.00 Å². The summed E-state index contributed by atoms with van der Waals surface area (Å²) in [5.41, 5.74) is 1.94. The van der Waals surface area contributed by atoms with Crippen molar-refractivity contribution in [3.05, 3.63) is 47.8 Å². The van der Waals surface area contributed by atoms with Gasteiger partial charge in [-0.15, -0.1) is 0 Å². The largest absolute Gasteiger partial charge is 0.496 e. The highest BCUT2D eigenvalue weighted by molar-refractivity contribution is 5.35. The van der Waals surface area contributed by atoms with Gasteiger partial charge in [0, 0.05) is 37.5 Å². The number of likely N-dealkylation sites (N-methyl/N-ethyl adjacent to an activating group) is 1. The van der Waals surface area contributed by atoms with Gasteiger partial charge < -0.3 is 9.84 Å². The molecule has 0 radical (unpaired) electrons. The number of aromatic nitrogens is 2. The molecule has 5 heteroatoms. The number of aliphatic hydroxyl groups is 1. The Balaban J connectivity index is 1.98. The lowest BCUT2D eigenvalue weighted by atomic mass is 10.1. The van der Waals surface area contributed by atoms with Crippen LogP contribution < -0.4 is 4.74 Å². The van der Waals surface area contributed by atoms with E-state index in [-0.39, 0.29) is 0 Å². The van der Waals surface area contributed by atoms with E-state index in [1.165, 1.54) is 0 Å². The third kappa shape index (κ3) is 3.59. The average molecular weight is 275 g/mol. The summed E-state index contributed by atoms with van der Waals surface area (Å²) < 4.78 is 7.06. The second kappa shape index (κ2) is 6.54. The molecule has 0 aliphatic carbocycles. The van der Waals surface area contributed by atoms with Gasteiger partial charge in [0.1, 0.15) is 5.75 Å². The van der Waals surface area contributed by atoms with E-state index in [4.69, 9.17) is 4.74 Å². The molecule has 1 aromatic carbocycles. The fraction of sp³-hybridized carbons (Fsp3) is 0.400. The Hall–Kier alpha value is -1.85. The summed E-state index contributed by atoms with van der Waals surface area (Å²) in [7, 11) is 5.49. The molecule has 0 saturated carbocycles. The van der Waals surface area contributed by atoms with Gasteiger partial charge in [-0.1, -0.05) is 18.2 Å². The molecule has 0 saturated heterocycles. The molecule has 1 heterocycles. The summed E-state index contributed by atoms with van der Waals surface area (Å²) in [5.74, 6) is 0.717. The highest BCUT2D eigenvalue weighted by atomic mass is 16.5. The number of benzene rings is 1. The van der Waals surface area contributed by atoms with Crippen LogP contribution in [-0.4, -0.2) is 40.5 Å². The van der Waals surface area contributed by atoms with Crippen LogP contribution in [0.3, 0.4) is 0 Å². The Morgan fingerprint density at radius 1 is 1.40 bits per heavy atom. The van der Waals surface area contributed by atoms with E-state index in [1.54, 1.807) is 11.8 Å². The summed E-state index contributed by atoms with van der Waals surface area (Å²) in [4.78, 5) is 2.06. The number of para-hydroxylation sites is 1. The Bertz CT molecular complexity index is 554. The number of methoxy groups -OCH3 is 1. The molecule has 2 aromatic rings. The zero-order valence-electron chi connectivity index (χ0n) is 12.2. The maximum absolute atomic E-state index is 10.3. The van der Waals surface area contributed by atoms with Crippen molar-refractivity contribution in [1.82, 2.24) is 14.7 Å². The summed E-state index contributed by atoms with van der Waals surface area (Å²) >= 11 is 0. The first-order valence-electron chi connectivity index (χ1n) is 6.57. The van der Waals surface area contributed by atoms with Crippen LogP contribution in [0.25, 0.3) is 0 Å². The van der Waals surface area contributed by atoms with Crippen LogP contribution >= 0.6 is 0 Å². The predicted octanol–water partition coefficient (Wildman–Crippen LogP) is 1.59. The molecule has 2 rings (SSSR count). The molecule has 1 N–H and O–H groups in total. The second-order valence-corrected chi connectivity index (χ2v) is 4.98. The number of nitrogens with zero attached hydrogens (tertiary/aromatic N) is 3. The molecular weight excluding hydrogens is 254 g/mol. The molecule has 0 bridgehead atoms. The predicted molar refractivity (Wildman–Crippen MR) is 77.5 cm³/mol. The monoisotopic (exact) mass is 275 g/mol. The first-order valence-corrected chi connectivity index (χ1v) is 6.57. The molecule has 5 nitrogen and oxygen atoms in total. The van der Waals surface area contributed by atoms with Crippen LogP contribution in [0, 0.1) is 0 Å². The van der Waals surface area contributed by atoms with Gasteiger partial charge in [-0.3, -0.25) is 9.58 Å². The highest BCUT2D eigenvalue weighted by Gasteiger charge is 2.15. The lowest BCUT2D eigenvalue weighted by Gasteiger charge is -2.21. The number of rotatable bonds is 6. The Labute approximate surface area is 119 Å². The standard InChI is InChI=1S/C15H21N3O2/c1-17(9-12-8-16-18(2)10-12)11-14(19)13-6-4-5-7-15(13)20-3/h4-8,10,14,19H,9,11H2,1-3H3. The maximum Gasteiger partial charge on any atom is 0.124 e. The number of hydrogen-bond donors (Lipinski definition) is 1. The SMILES string of the molecule is COc1ccccc1C(O)CN(C)Cc1cnn(C)c1. The van der Waals surface area contributed by atoms with Gasteiger partial charge in [-0.25, -0.2) is 0 Å². The van der Waals surface area contributed by atoms with Crippen LogP contribution in [0.2, 0.25) is 0 Å². The third-order valence-corrected chi connectivity index (χ3v) is 3.19. The molecule has 0 amide bonds. The van der Waals surface area contributed by atoms with Crippen LogP contribution in [0.4, 0.5) is 0 Å². The molecule has 0 fully saturated rings. The third-order valence-electron chi connectivity index (χ3n) is 3.19. The molecule has 0 spiro atoms. The van der Waals surface area contributed by atoms with Crippen molar-refractivity contribution in [2.24, 2.45) is 7.05 Å². The second-order valence-electron chi connectivity index (χ2n) is 4.98. The van der Waals surface area contributed by atoms with Crippen molar-refractivity contribution in [3.8, 4) is 5.75 Å². The van der Waals surface area contributed by atoms with Crippen molar-refractivity contribution in [2.75, 3.05) is 20.7 Å². The number of aryl methyl sites for hydroxylation is 1. The molecule has 108 valence electrons. The molecule has 1 atom stereocenters. The fourth-order valence-corrected chi connectivity index (χ4v) is 2.27. The van der Waals surface area contributed by atoms with Gasteiger partial charge in [0.15, 0.2) is 0 Å². The maximum atomic E-state index is 10.3. The lowest BCUT2D eigenvalue weighted by Crippen LogP contribution is -2.24. The van der Waals surface area contributed by atoms with E-state index < -0.39 is 6.10 Å². The van der Waals surface area contributed by atoms with Gasteiger partial charge in [0.2, 0.25) is 0 Å². The van der Waals surface area contributed by atoms with Gasteiger partial charge in [0.25, 0.3) is 0 Å². The minimum atomic E-state index is -0.576. The topological polar surface area (TPSA) is 50.5 Å². The van der Waals surface area contributed by atoms with E-state index in [9.17, 15) is 5.11 Å². The van der Waals surface area contributed by atoms with Gasteiger partial charge in [-0.2, -0.15) is 5.10 Å². The number of hydrogen-bond acceptors (Lipinski definition) is 4. The van der Waals surface area contributed by atoms with E-state index in [0.717, 1.165) is 23.4 Å². The molecule has 0 aliphatic heterocycles. The average Bonchev–Trinajstić information content (AvgIpc) is 2.83. The molecular formula is C15H21N3O2. The smallest absolute Gasteiger partial charge is 0.124 e. The zero-order valence-corrected chi connectivity index (χ0v) is 12.2.